The molecule has 0 spiro atoms. The summed E-state index contributed by atoms with van der Waals surface area (Å²) in [5.74, 6) is 4.74. The van der Waals surface area contributed by atoms with Gasteiger partial charge in [-0.05, 0) is 182 Å². The van der Waals surface area contributed by atoms with Gasteiger partial charge in [-0.2, -0.15) is 0 Å². The van der Waals surface area contributed by atoms with Crippen LogP contribution in [0.25, 0.3) is 0 Å². The van der Waals surface area contributed by atoms with Crippen LogP contribution in [0.1, 0.15) is 107 Å². The van der Waals surface area contributed by atoms with E-state index in [2.05, 4.69) is 191 Å². The van der Waals surface area contributed by atoms with Gasteiger partial charge in [0, 0.05) is 24.9 Å². The third kappa shape index (κ3) is 13.6. The number of likely N-dealkylation sites (tertiary alicyclic amines) is 2. The summed E-state index contributed by atoms with van der Waals surface area (Å²) in [5, 5.41) is 10.0. The molecular weight excluding hydrogens is 1030 g/mol. The monoisotopic (exact) mass is 1090 g/mol. The molecule has 2 aliphatic heterocycles. The van der Waals surface area contributed by atoms with Crippen LogP contribution in [0.3, 0.4) is 0 Å². The lowest BCUT2D eigenvalue weighted by Gasteiger charge is -2.35. The molecule has 10 rings (SSSR count). The minimum atomic E-state index is 0.271. The van der Waals surface area contributed by atoms with Gasteiger partial charge in [0.2, 0.25) is 0 Å². The van der Waals surface area contributed by atoms with Crippen LogP contribution in [-0.4, -0.2) is 77.7 Å². The number of aryl methyl sites for hydroxylation is 2. The summed E-state index contributed by atoms with van der Waals surface area (Å²) in [4.78, 5) is 4.97. The Bertz CT molecular complexity index is 2410. The van der Waals surface area contributed by atoms with E-state index in [4.69, 9.17) is 14.2 Å². The first kappa shape index (κ1) is 49.4. The van der Waals surface area contributed by atoms with Gasteiger partial charge in [-0.15, -0.1) is 47.3 Å². The lowest BCUT2D eigenvalue weighted by molar-refractivity contribution is 0.237. The van der Waals surface area contributed by atoms with Gasteiger partial charge in [0.1, 0.15) is 36.2 Å². The van der Waals surface area contributed by atoms with Gasteiger partial charge in [-0.3, -0.25) is 9.80 Å². The number of fused-ring (bicyclic) bond motifs is 2. The summed E-state index contributed by atoms with van der Waals surface area (Å²) in [6, 6.07) is 51.9. The van der Waals surface area contributed by atoms with Gasteiger partial charge < -0.3 is 19.3 Å². The van der Waals surface area contributed by atoms with E-state index in [0.29, 0.717) is 23.5 Å². The fourth-order valence-corrected chi connectivity index (χ4v) is 10.8. The highest BCUT2D eigenvalue weighted by molar-refractivity contribution is 9.69. The van der Waals surface area contributed by atoms with Crippen molar-refractivity contribution < 1.29 is 19.3 Å². The lowest BCUT2D eigenvalue weighted by Crippen LogP contribution is -2.25. The second-order valence-electron chi connectivity index (χ2n) is 18.2. The SMILES string of the molecule is BrB(Br)Br.COc1ccc2c(c1)CC[C@H](c1ccccc1)C2c1ccc(OCCN2CCCC2)cc1.Oc1ccc2c(c1)CC[C@H](c1ccccc1)C2c1ccc(OCCN2CCCC2)cc1. The number of hydrogen-bond donors (Lipinski definition) is 1. The lowest BCUT2D eigenvalue weighted by atomic mass is 9.69. The van der Waals surface area contributed by atoms with E-state index >= 15 is 0 Å². The zero-order valence-corrected chi connectivity index (χ0v) is 43.5. The van der Waals surface area contributed by atoms with E-state index < -0.39 is 0 Å². The number of phenolic OH excluding ortho intramolecular Hbond substituents is 1. The molecule has 0 aromatic heterocycles. The van der Waals surface area contributed by atoms with Crippen LogP contribution in [0.5, 0.6) is 23.0 Å². The van der Waals surface area contributed by atoms with Crippen LogP contribution < -0.4 is 14.2 Å². The first-order valence-electron chi connectivity index (χ1n) is 24.2. The molecule has 10 heteroatoms. The molecule has 67 heavy (non-hydrogen) atoms. The Hall–Kier alpha value is -4.06. The van der Waals surface area contributed by atoms with Crippen LogP contribution in [0.2, 0.25) is 0 Å². The zero-order chi connectivity index (χ0) is 46.4. The molecule has 4 aliphatic rings. The Morgan fingerprint density at radius 3 is 1.34 bits per heavy atom. The molecule has 1 N–H and O–H groups in total. The van der Waals surface area contributed by atoms with E-state index in [-0.39, 0.29) is 9.10 Å². The maximum atomic E-state index is 10.0. The van der Waals surface area contributed by atoms with Crippen molar-refractivity contribution in [1.29, 1.82) is 0 Å². The predicted molar refractivity (Wildman–Crippen MR) is 288 cm³/mol. The summed E-state index contributed by atoms with van der Waals surface area (Å²) >= 11 is 9.31. The van der Waals surface area contributed by atoms with Crippen LogP contribution in [0.15, 0.2) is 146 Å². The van der Waals surface area contributed by atoms with E-state index in [1.165, 1.54) is 96.4 Å². The van der Waals surface area contributed by atoms with Gasteiger partial charge in [0.25, 0.3) is 0 Å². The highest BCUT2D eigenvalue weighted by Crippen LogP contribution is 2.48. The average Bonchev–Trinajstić information content (AvgIpc) is 4.10. The third-order valence-electron chi connectivity index (χ3n) is 14.1. The number of hydrogen-bond acceptors (Lipinski definition) is 6. The maximum absolute atomic E-state index is 10.0. The second kappa shape index (κ2) is 25.0. The van der Waals surface area contributed by atoms with Crippen molar-refractivity contribution in [3.63, 3.8) is 0 Å². The van der Waals surface area contributed by atoms with Crippen LogP contribution in [0, 0.1) is 0 Å². The summed E-state index contributed by atoms with van der Waals surface area (Å²) in [6.45, 7) is 8.40. The largest absolute Gasteiger partial charge is 0.508 e. The van der Waals surface area contributed by atoms with Crippen molar-refractivity contribution in [3.05, 3.63) is 190 Å². The first-order chi connectivity index (χ1) is 32.8. The van der Waals surface area contributed by atoms with Crippen molar-refractivity contribution in [2.75, 3.05) is 59.6 Å². The van der Waals surface area contributed by atoms with E-state index in [9.17, 15) is 5.11 Å². The molecule has 2 saturated heterocycles. The molecule has 2 unspecified atom stereocenters. The normalized spacial score (nSPS) is 20.0. The molecule has 0 amide bonds. The number of ether oxygens (including phenoxy) is 3. The molecule has 6 aromatic rings. The predicted octanol–water partition coefficient (Wildman–Crippen LogP) is 13.9. The number of halogens is 3. The third-order valence-corrected chi connectivity index (χ3v) is 14.1. The van der Waals surface area contributed by atoms with E-state index in [0.717, 1.165) is 69.2 Å². The Morgan fingerprint density at radius 2 is 0.910 bits per heavy atom. The van der Waals surface area contributed by atoms with Crippen molar-refractivity contribution >= 4 is 50.5 Å². The summed E-state index contributed by atoms with van der Waals surface area (Å²) in [6.07, 6.45) is 9.59. The second-order valence-corrected chi connectivity index (χ2v) is 24.6. The Kier molecular flexibility index (Phi) is 18.4. The molecule has 350 valence electrons. The van der Waals surface area contributed by atoms with Crippen molar-refractivity contribution in [2.24, 2.45) is 0 Å². The minimum Gasteiger partial charge on any atom is -0.508 e. The fraction of sp³-hybridized carbons (Fsp3) is 0.368. The van der Waals surface area contributed by atoms with Gasteiger partial charge >= 0.3 is 3.18 Å². The Morgan fingerprint density at radius 1 is 0.507 bits per heavy atom. The highest BCUT2D eigenvalue weighted by atomic mass is 79.9. The van der Waals surface area contributed by atoms with Crippen LogP contribution in [-0.2, 0) is 12.8 Å². The summed E-state index contributed by atoms with van der Waals surface area (Å²) in [5.41, 5.74) is 10.9. The number of methoxy groups -OCH3 is 1. The molecule has 0 bridgehead atoms. The first-order valence-corrected chi connectivity index (χ1v) is 27.0. The molecule has 2 aliphatic carbocycles. The van der Waals surface area contributed by atoms with Crippen molar-refractivity contribution in [3.8, 4) is 23.0 Å². The van der Waals surface area contributed by atoms with E-state index in [1.807, 2.05) is 12.1 Å². The van der Waals surface area contributed by atoms with Gasteiger partial charge in [-0.25, -0.2) is 0 Å². The maximum Gasteiger partial charge on any atom is 0.369 e. The molecule has 2 heterocycles. The van der Waals surface area contributed by atoms with Crippen molar-refractivity contribution in [1.82, 2.24) is 9.80 Å². The molecular formula is C57H64BBr3N2O4. The number of rotatable bonds is 13. The van der Waals surface area contributed by atoms with E-state index in [1.54, 1.807) is 7.11 Å². The number of aromatic hydroxyl groups is 1. The molecule has 0 radical (unpaired) electrons. The number of nitrogens with zero attached hydrogens (tertiary/aromatic N) is 2. The van der Waals surface area contributed by atoms with Crippen LogP contribution in [0.4, 0.5) is 0 Å². The smallest absolute Gasteiger partial charge is 0.369 e. The highest BCUT2D eigenvalue weighted by Gasteiger charge is 2.33. The van der Waals surface area contributed by atoms with Gasteiger partial charge in [0.15, 0.2) is 0 Å². The molecule has 2 fully saturated rings. The summed E-state index contributed by atoms with van der Waals surface area (Å²) < 4.78 is 17.9. The Labute approximate surface area is 424 Å². The van der Waals surface area contributed by atoms with Gasteiger partial charge in [0.05, 0.1) is 7.11 Å². The number of phenols is 1. The molecule has 4 atom stereocenters. The Balaban J connectivity index is 0.000000168. The molecule has 0 saturated carbocycles. The summed E-state index contributed by atoms with van der Waals surface area (Å²) in [7, 11) is 1.75. The topological polar surface area (TPSA) is 54.4 Å². The quantitative estimate of drug-likeness (QED) is 0.116. The van der Waals surface area contributed by atoms with Crippen molar-refractivity contribution in [2.45, 2.75) is 75.0 Å². The number of benzene rings is 6. The van der Waals surface area contributed by atoms with Gasteiger partial charge in [-0.1, -0.05) is 97.1 Å². The minimum absolute atomic E-state index is 0.271. The fourth-order valence-electron chi connectivity index (χ4n) is 10.8. The van der Waals surface area contributed by atoms with Crippen LogP contribution >= 0.6 is 47.3 Å². The zero-order valence-electron chi connectivity index (χ0n) is 38.8. The average molecular weight is 1090 g/mol. The molecule has 6 nitrogen and oxygen atoms in total. The standard InChI is InChI=1S/C29H33NO2.C28H31NO2.BBr3/c1-31-26-14-16-28-24(21-26)11-15-27(22-7-3-2-4-8-22)29(28)23-9-12-25(13-10-23)32-20-19-30-17-5-6-18-30;30-24-11-15-27-23(20-24)10-14-26(21-6-2-1-3-7-21)28(27)22-8-12-25(13-9-22)31-19-18-29-16-4-5-17-29;2-1(3)4/h2-4,7-10,12-14,16,21,27,29H,5-6,11,15,17-20H2,1H3;1-3,6-9,11-13,15,20,26,28,30H,4-5,10,14,16-19H2;/t27-,29?;26-,28?;/m11./s1. The molecule has 6 aromatic carbocycles.